The maximum absolute atomic E-state index is 12.1. The van der Waals surface area contributed by atoms with Crippen molar-refractivity contribution < 1.29 is 9.59 Å². The molecule has 0 atom stereocenters. The molecule has 0 heterocycles. The third kappa shape index (κ3) is 4.59. The van der Waals surface area contributed by atoms with Crippen LogP contribution in [-0.2, 0) is 4.79 Å². The number of amides is 2. The fourth-order valence-corrected chi connectivity index (χ4v) is 2.33. The van der Waals surface area contributed by atoms with Crippen LogP contribution in [0.4, 0.5) is 11.4 Å². The van der Waals surface area contributed by atoms with E-state index in [4.69, 9.17) is 0 Å². The van der Waals surface area contributed by atoms with Gasteiger partial charge in [-0.3, -0.25) is 9.59 Å². The van der Waals surface area contributed by atoms with Gasteiger partial charge in [0, 0.05) is 18.4 Å². The first kappa shape index (κ1) is 17.5. The summed E-state index contributed by atoms with van der Waals surface area (Å²) in [4.78, 5) is 24.0. The fourth-order valence-electron chi connectivity index (χ4n) is 2.33. The predicted octanol–water partition coefficient (Wildman–Crippen LogP) is 3.22. The Kier molecular flexibility index (Phi) is 5.95. The van der Waals surface area contributed by atoms with Gasteiger partial charge in [-0.1, -0.05) is 38.1 Å². The summed E-state index contributed by atoms with van der Waals surface area (Å²) < 4.78 is 0. The van der Waals surface area contributed by atoms with Gasteiger partial charge in [-0.2, -0.15) is 0 Å². The molecule has 2 rings (SSSR count). The molecule has 0 radical (unpaired) electrons. The first-order valence-electron chi connectivity index (χ1n) is 7.96. The van der Waals surface area contributed by atoms with Crippen LogP contribution in [0, 0.1) is 0 Å². The molecule has 24 heavy (non-hydrogen) atoms. The number of carbonyl (C=O) groups is 2. The van der Waals surface area contributed by atoms with Gasteiger partial charge in [0.05, 0.1) is 12.1 Å². The van der Waals surface area contributed by atoms with Crippen molar-refractivity contribution in [2.75, 3.05) is 24.2 Å². The van der Waals surface area contributed by atoms with E-state index in [1.807, 2.05) is 30.3 Å². The first-order valence-corrected chi connectivity index (χ1v) is 7.96. The summed E-state index contributed by atoms with van der Waals surface area (Å²) in [7, 11) is 1.58. The van der Waals surface area contributed by atoms with Gasteiger partial charge in [0.2, 0.25) is 5.91 Å². The second kappa shape index (κ2) is 8.15. The molecule has 0 bridgehead atoms. The monoisotopic (exact) mass is 325 g/mol. The van der Waals surface area contributed by atoms with E-state index in [1.165, 1.54) is 5.56 Å². The number of carbonyl (C=O) groups excluding carboxylic acids is 2. The highest BCUT2D eigenvalue weighted by atomic mass is 16.2. The van der Waals surface area contributed by atoms with Crippen LogP contribution in [0.15, 0.2) is 48.5 Å². The molecule has 0 fully saturated rings. The summed E-state index contributed by atoms with van der Waals surface area (Å²) >= 11 is 0. The molecule has 0 aliphatic heterocycles. The van der Waals surface area contributed by atoms with Crippen molar-refractivity contribution in [1.82, 2.24) is 5.32 Å². The molecule has 3 N–H and O–H groups in total. The molecule has 2 aromatic rings. The molecule has 5 heteroatoms. The van der Waals surface area contributed by atoms with Crippen molar-refractivity contribution in [3.63, 3.8) is 0 Å². The lowest BCUT2D eigenvalue weighted by Gasteiger charge is -2.12. The van der Waals surface area contributed by atoms with Gasteiger partial charge in [0.1, 0.15) is 0 Å². The molecule has 0 unspecified atom stereocenters. The van der Waals surface area contributed by atoms with Gasteiger partial charge < -0.3 is 16.0 Å². The average molecular weight is 325 g/mol. The molecule has 2 aromatic carbocycles. The number of benzene rings is 2. The second-order valence-electron chi connectivity index (χ2n) is 5.81. The Balaban J connectivity index is 1.99. The van der Waals surface area contributed by atoms with Crippen LogP contribution in [0.1, 0.15) is 35.7 Å². The maximum atomic E-state index is 12.1. The van der Waals surface area contributed by atoms with Crippen LogP contribution in [0.5, 0.6) is 0 Å². The Bertz CT molecular complexity index is 726. The quantitative estimate of drug-likeness (QED) is 0.764. The van der Waals surface area contributed by atoms with Crippen LogP contribution in [0.25, 0.3) is 0 Å². The SMILES string of the molecule is CNC(=O)c1ccccc1NCC(=O)Nc1cccc(C(C)C)c1. The van der Waals surface area contributed by atoms with Crippen LogP contribution < -0.4 is 16.0 Å². The summed E-state index contributed by atoms with van der Waals surface area (Å²) in [6, 6.07) is 14.9. The lowest BCUT2D eigenvalue weighted by atomic mass is 10.0. The zero-order valence-corrected chi connectivity index (χ0v) is 14.2. The van der Waals surface area contributed by atoms with Crippen molar-refractivity contribution in [1.29, 1.82) is 0 Å². The first-order chi connectivity index (χ1) is 11.5. The molecule has 0 saturated heterocycles. The van der Waals surface area contributed by atoms with Gasteiger partial charge in [-0.15, -0.1) is 0 Å². The van der Waals surface area contributed by atoms with E-state index in [9.17, 15) is 9.59 Å². The molecular weight excluding hydrogens is 302 g/mol. The molecule has 0 saturated carbocycles. The summed E-state index contributed by atoms with van der Waals surface area (Å²) in [5.41, 5.74) is 3.08. The zero-order valence-electron chi connectivity index (χ0n) is 14.2. The zero-order chi connectivity index (χ0) is 17.5. The van der Waals surface area contributed by atoms with Gasteiger partial charge in [0.25, 0.3) is 5.91 Å². The minimum absolute atomic E-state index is 0.0832. The number of rotatable bonds is 6. The minimum Gasteiger partial charge on any atom is -0.376 e. The molecule has 0 aliphatic carbocycles. The third-order valence-corrected chi connectivity index (χ3v) is 3.68. The smallest absolute Gasteiger partial charge is 0.253 e. The summed E-state index contributed by atoms with van der Waals surface area (Å²) in [6.07, 6.45) is 0. The van der Waals surface area contributed by atoms with E-state index in [2.05, 4.69) is 29.8 Å². The number of hydrogen-bond donors (Lipinski definition) is 3. The highest BCUT2D eigenvalue weighted by Gasteiger charge is 2.10. The molecule has 0 aliphatic rings. The Morgan fingerprint density at radius 3 is 2.50 bits per heavy atom. The van der Waals surface area contributed by atoms with E-state index in [0.717, 1.165) is 5.69 Å². The Morgan fingerprint density at radius 1 is 1.04 bits per heavy atom. The van der Waals surface area contributed by atoms with Gasteiger partial charge in [0.15, 0.2) is 0 Å². The molecular formula is C19H23N3O2. The van der Waals surface area contributed by atoms with Crippen molar-refractivity contribution in [2.45, 2.75) is 19.8 Å². The Labute approximate surface area is 142 Å². The van der Waals surface area contributed by atoms with E-state index < -0.39 is 0 Å². The van der Waals surface area contributed by atoms with Crippen LogP contribution >= 0.6 is 0 Å². The fraction of sp³-hybridized carbons (Fsp3) is 0.263. The van der Waals surface area contributed by atoms with Gasteiger partial charge >= 0.3 is 0 Å². The van der Waals surface area contributed by atoms with Crippen LogP contribution in [0.3, 0.4) is 0 Å². The molecule has 0 aromatic heterocycles. The minimum atomic E-state index is -0.192. The largest absolute Gasteiger partial charge is 0.376 e. The van der Waals surface area contributed by atoms with Gasteiger partial charge in [-0.25, -0.2) is 0 Å². The highest BCUT2D eigenvalue weighted by molar-refractivity contribution is 6.00. The lowest BCUT2D eigenvalue weighted by molar-refractivity contribution is -0.114. The number of anilines is 2. The Hall–Kier alpha value is -2.82. The van der Waals surface area contributed by atoms with Crippen molar-refractivity contribution >= 4 is 23.2 Å². The number of nitrogens with one attached hydrogen (secondary N) is 3. The number of para-hydroxylation sites is 1. The summed E-state index contributed by atoms with van der Waals surface area (Å²) in [5.74, 6) is 0.0465. The van der Waals surface area contributed by atoms with E-state index in [-0.39, 0.29) is 18.4 Å². The normalized spacial score (nSPS) is 10.3. The molecule has 2 amide bonds. The summed E-state index contributed by atoms with van der Waals surface area (Å²) in [5, 5.41) is 8.47. The second-order valence-corrected chi connectivity index (χ2v) is 5.81. The van der Waals surface area contributed by atoms with Crippen molar-refractivity contribution in [3.8, 4) is 0 Å². The van der Waals surface area contributed by atoms with E-state index >= 15 is 0 Å². The average Bonchev–Trinajstić information content (AvgIpc) is 2.59. The van der Waals surface area contributed by atoms with Crippen LogP contribution in [0.2, 0.25) is 0 Å². The van der Waals surface area contributed by atoms with Crippen molar-refractivity contribution in [2.24, 2.45) is 0 Å². The van der Waals surface area contributed by atoms with Crippen molar-refractivity contribution in [3.05, 3.63) is 59.7 Å². The summed E-state index contributed by atoms with van der Waals surface area (Å²) in [6.45, 7) is 4.30. The Morgan fingerprint density at radius 2 is 1.79 bits per heavy atom. The van der Waals surface area contributed by atoms with E-state index in [1.54, 1.807) is 25.2 Å². The third-order valence-electron chi connectivity index (χ3n) is 3.68. The topological polar surface area (TPSA) is 70.2 Å². The lowest BCUT2D eigenvalue weighted by Crippen LogP contribution is -2.24. The highest BCUT2D eigenvalue weighted by Crippen LogP contribution is 2.19. The van der Waals surface area contributed by atoms with Gasteiger partial charge in [-0.05, 0) is 35.7 Å². The van der Waals surface area contributed by atoms with Crippen LogP contribution in [-0.4, -0.2) is 25.4 Å². The number of hydrogen-bond acceptors (Lipinski definition) is 3. The standard InChI is InChI=1S/C19H23N3O2/c1-13(2)14-7-6-8-15(11-14)22-18(23)12-21-17-10-5-4-9-16(17)19(24)20-3/h4-11,13,21H,12H2,1-3H3,(H,20,24)(H,22,23). The molecule has 5 nitrogen and oxygen atoms in total. The molecule has 126 valence electrons. The molecule has 0 spiro atoms. The predicted molar refractivity (Wildman–Crippen MR) is 97.5 cm³/mol. The maximum Gasteiger partial charge on any atom is 0.253 e. The van der Waals surface area contributed by atoms with E-state index in [0.29, 0.717) is 17.2 Å².